The van der Waals surface area contributed by atoms with E-state index in [1.807, 2.05) is 0 Å². The average Bonchev–Trinajstić information content (AvgIpc) is 3.25. The lowest BCUT2D eigenvalue weighted by molar-refractivity contribution is -0.137. The molecule has 34 heavy (non-hydrogen) atoms. The number of aromatic carboxylic acids is 1. The second-order valence-electron chi connectivity index (χ2n) is 7.06. The van der Waals surface area contributed by atoms with Gasteiger partial charge in [-0.2, -0.15) is 13.2 Å². The van der Waals surface area contributed by atoms with Crippen LogP contribution < -0.4 is 10.2 Å². The van der Waals surface area contributed by atoms with E-state index >= 15 is 0 Å². The quantitative estimate of drug-likeness (QED) is 0.320. The molecule has 1 saturated heterocycles. The summed E-state index contributed by atoms with van der Waals surface area (Å²) in [5.74, 6) is -2.75. The highest BCUT2D eigenvalue weighted by atomic mass is 32.1. The molecule has 0 atom stereocenters. The van der Waals surface area contributed by atoms with Crippen LogP contribution >= 0.6 is 12.2 Å². The van der Waals surface area contributed by atoms with Crippen molar-refractivity contribution in [3.8, 4) is 11.3 Å². The van der Waals surface area contributed by atoms with Gasteiger partial charge in [0.2, 0.25) is 0 Å². The Labute approximate surface area is 195 Å². The number of carboxylic acid groups (broad SMARTS) is 1. The predicted molar refractivity (Wildman–Crippen MR) is 119 cm³/mol. The number of carboxylic acids is 1. The molecule has 0 spiro atoms. The van der Waals surface area contributed by atoms with Crippen molar-refractivity contribution in [3.63, 3.8) is 0 Å². The smallest absolute Gasteiger partial charge is 0.416 e. The largest absolute Gasteiger partial charge is 0.478 e. The van der Waals surface area contributed by atoms with Crippen LogP contribution in [0, 0.1) is 0 Å². The lowest BCUT2D eigenvalue weighted by Crippen LogP contribution is -2.54. The van der Waals surface area contributed by atoms with Crippen molar-refractivity contribution in [2.24, 2.45) is 0 Å². The molecule has 2 heterocycles. The molecule has 0 saturated carbocycles. The summed E-state index contributed by atoms with van der Waals surface area (Å²) in [5.41, 5.74) is -1.32. The van der Waals surface area contributed by atoms with Crippen LogP contribution in [0.4, 0.5) is 18.9 Å². The number of amides is 2. The molecule has 172 valence electrons. The molecule has 11 heteroatoms. The molecule has 7 nitrogen and oxygen atoms in total. The van der Waals surface area contributed by atoms with E-state index in [1.54, 1.807) is 12.1 Å². The molecule has 2 amide bonds. The number of hydrogen-bond donors (Lipinski definition) is 2. The topological polar surface area (TPSA) is 99.9 Å². The molecule has 0 radical (unpaired) electrons. The molecule has 0 bridgehead atoms. The normalized spacial score (nSPS) is 15.6. The van der Waals surface area contributed by atoms with Crippen molar-refractivity contribution < 1.29 is 37.1 Å². The van der Waals surface area contributed by atoms with Gasteiger partial charge in [0.1, 0.15) is 17.1 Å². The van der Waals surface area contributed by atoms with Crippen LogP contribution in [0.3, 0.4) is 0 Å². The van der Waals surface area contributed by atoms with E-state index in [2.05, 4.69) is 5.32 Å². The Kier molecular flexibility index (Phi) is 5.80. The number of thiocarbonyl (C=S) groups is 1. The fraction of sp³-hybridized carbons (Fsp3) is 0.0435. The first kappa shape index (κ1) is 22.9. The number of carbonyl (C=O) groups is 3. The highest BCUT2D eigenvalue weighted by Gasteiger charge is 2.37. The van der Waals surface area contributed by atoms with Gasteiger partial charge in [-0.3, -0.25) is 19.8 Å². The fourth-order valence-electron chi connectivity index (χ4n) is 3.32. The van der Waals surface area contributed by atoms with Gasteiger partial charge in [0.15, 0.2) is 5.11 Å². The summed E-state index contributed by atoms with van der Waals surface area (Å²) in [6.45, 7) is 0. The molecule has 4 rings (SSSR count). The predicted octanol–water partition coefficient (Wildman–Crippen LogP) is 4.49. The van der Waals surface area contributed by atoms with Crippen LogP contribution in [0.1, 0.15) is 21.7 Å². The third-order valence-corrected chi connectivity index (χ3v) is 5.15. The van der Waals surface area contributed by atoms with Crippen LogP contribution in [0.2, 0.25) is 0 Å². The molecule has 2 N–H and O–H groups in total. The van der Waals surface area contributed by atoms with Crippen molar-refractivity contribution in [1.82, 2.24) is 5.32 Å². The maximum absolute atomic E-state index is 13.1. The summed E-state index contributed by atoms with van der Waals surface area (Å²) in [7, 11) is 0. The number of nitrogens with one attached hydrogen (secondary N) is 1. The number of furan rings is 1. The van der Waals surface area contributed by atoms with E-state index < -0.39 is 35.1 Å². The number of benzene rings is 2. The minimum absolute atomic E-state index is 0.0105. The summed E-state index contributed by atoms with van der Waals surface area (Å²) >= 11 is 5.01. The third-order valence-electron chi connectivity index (χ3n) is 4.87. The molecule has 1 aromatic heterocycles. The van der Waals surface area contributed by atoms with Gasteiger partial charge in [0.05, 0.1) is 16.8 Å². The van der Waals surface area contributed by atoms with Crippen LogP contribution in [-0.4, -0.2) is 28.0 Å². The lowest BCUT2D eigenvalue weighted by atomic mass is 10.1. The van der Waals surface area contributed by atoms with Crippen LogP contribution in [-0.2, 0) is 15.8 Å². The maximum atomic E-state index is 13.1. The molecule has 1 aliphatic rings. The first-order chi connectivity index (χ1) is 16.1. The molecule has 0 aliphatic carbocycles. The molecule has 1 aliphatic heterocycles. The zero-order valence-electron chi connectivity index (χ0n) is 16.9. The van der Waals surface area contributed by atoms with Crippen molar-refractivity contribution in [2.45, 2.75) is 6.18 Å². The third kappa shape index (κ3) is 4.33. The Balaban J connectivity index is 1.70. The summed E-state index contributed by atoms with van der Waals surface area (Å²) in [4.78, 5) is 37.7. The first-order valence-corrected chi connectivity index (χ1v) is 9.98. The average molecular weight is 486 g/mol. The highest BCUT2D eigenvalue weighted by Crippen LogP contribution is 2.33. The molecule has 3 aromatic rings. The van der Waals surface area contributed by atoms with Crippen molar-refractivity contribution in [3.05, 3.63) is 83.1 Å². The van der Waals surface area contributed by atoms with Gasteiger partial charge in [-0.05, 0) is 54.7 Å². The van der Waals surface area contributed by atoms with Crippen LogP contribution in [0.5, 0.6) is 0 Å². The first-order valence-electron chi connectivity index (χ1n) is 9.57. The van der Waals surface area contributed by atoms with Crippen molar-refractivity contribution >= 4 is 46.9 Å². The Morgan fingerprint density at radius 3 is 2.50 bits per heavy atom. The van der Waals surface area contributed by atoms with Gasteiger partial charge in [0, 0.05) is 5.56 Å². The number of halogens is 3. The van der Waals surface area contributed by atoms with Gasteiger partial charge >= 0.3 is 12.1 Å². The van der Waals surface area contributed by atoms with E-state index in [0.29, 0.717) is 0 Å². The van der Waals surface area contributed by atoms with Crippen LogP contribution in [0.25, 0.3) is 17.4 Å². The van der Waals surface area contributed by atoms with E-state index in [-0.39, 0.29) is 33.4 Å². The van der Waals surface area contributed by atoms with E-state index in [9.17, 15) is 32.7 Å². The number of rotatable bonds is 4. The van der Waals surface area contributed by atoms with Crippen LogP contribution in [0.15, 0.2) is 70.7 Å². The van der Waals surface area contributed by atoms with E-state index in [1.165, 1.54) is 30.3 Å². The SMILES string of the molecule is O=C1NC(=S)N(c2cccc(C(F)(F)F)c2)C(=O)/C1=C/c1ccc(-c2ccccc2C(=O)O)o1. The number of alkyl halides is 3. The fourth-order valence-corrected chi connectivity index (χ4v) is 3.60. The number of hydrogen-bond acceptors (Lipinski definition) is 5. The van der Waals surface area contributed by atoms with Crippen molar-refractivity contribution in [1.29, 1.82) is 0 Å². The van der Waals surface area contributed by atoms with Gasteiger partial charge in [-0.25, -0.2) is 4.79 Å². The molecular weight excluding hydrogens is 473 g/mol. The lowest BCUT2D eigenvalue weighted by Gasteiger charge is -2.29. The van der Waals surface area contributed by atoms with Gasteiger partial charge in [0.25, 0.3) is 11.8 Å². The summed E-state index contributed by atoms with van der Waals surface area (Å²) in [5, 5.41) is 11.3. The zero-order chi connectivity index (χ0) is 24.6. The molecule has 1 fully saturated rings. The van der Waals surface area contributed by atoms with Gasteiger partial charge in [-0.1, -0.05) is 24.3 Å². The molecule has 2 aromatic carbocycles. The summed E-state index contributed by atoms with van der Waals surface area (Å²) < 4.78 is 44.9. The van der Waals surface area contributed by atoms with Gasteiger partial charge < -0.3 is 9.52 Å². The van der Waals surface area contributed by atoms with Gasteiger partial charge in [-0.15, -0.1) is 0 Å². The minimum Gasteiger partial charge on any atom is -0.478 e. The van der Waals surface area contributed by atoms with E-state index in [0.717, 1.165) is 29.2 Å². The summed E-state index contributed by atoms with van der Waals surface area (Å²) in [6.07, 6.45) is -3.54. The Morgan fingerprint density at radius 1 is 1.06 bits per heavy atom. The Bertz CT molecular complexity index is 1380. The van der Waals surface area contributed by atoms with Crippen molar-refractivity contribution in [2.75, 3.05) is 4.90 Å². The second kappa shape index (κ2) is 8.60. The number of anilines is 1. The Morgan fingerprint density at radius 2 is 1.79 bits per heavy atom. The molecule has 0 unspecified atom stereocenters. The number of nitrogens with zero attached hydrogens (tertiary/aromatic N) is 1. The van der Waals surface area contributed by atoms with E-state index in [4.69, 9.17) is 16.6 Å². The second-order valence-corrected chi connectivity index (χ2v) is 7.45. The summed E-state index contributed by atoms with van der Waals surface area (Å²) in [6, 6.07) is 12.9. The Hall–Kier alpha value is -4.25. The highest BCUT2D eigenvalue weighted by molar-refractivity contribution is 7.80. The number of carbonyl (C=O) groups excluding carboxylic acids is 2. The standard InChI is InChI=1S/C23H13F3N2O5S/c24-23(25,26)12-4-3-5-13(10-12)28-20(30)17(19(29)27-22(28)34)11-14-8-9-18(33-14)15-6-1-2-7-16(15)21(31)32/h1-11H,(H,31,32)(H,27,29,34)/b17-11+. The zero-order valence-corrected chi connectivity index (χ0v) is 17.7. The molecular formula is C23H13F3N2O5S. The minimum atomic E-state index is -4.64. The maximum Gasteiger partial charge on any atom is 0.416 e. The monoisotopic (exact) mass is 486 g/mol.